The fourth-order valence-corrected chi connectivity index (χ4v) is 8.77. The fourth-order valence-electron chi connectivity index (χ4n) is 8.77. The summed E-state index contributed by atoms with van der Waals surface area (Å²) in [6, 6.07) is 58.8. The van der Waals surface area contributed by atoms with Gasteiger partial charge in [0.1, 0.15) is 22.3 Å². The summed E-state index contributed by atoms with van der Waals surface area (Å²) in [4.78, 5) is 0. The first-order chi connectivity index (χ1) is 25.3. The van der Waals surface area contributed by atoms with Crippen LogP contribution in [0.4, 0.5) is 0 Å². The zero-order chi connectivity index (χ0) is 33.2. The highest BCUT2D eigenvalue weighted by molar-refractivity contribution is 6.29. The van der Waals surface area contributed by atoms with Crippen molar-refractivity contribution in [1.29, 1.82) is 0 Å². The molecule has 12 aromatic rings. The largest absolute Gasteiger partial charge is 0.456 e. The lowest BCUT2D eigenvalue weighted by atomic mass is 9.86. The quantitative estimate of drug-likeness (QED) is 0.178. The number of rotatable bonds is 3. The number of benzene rings is 9. The molecular formula is C48H27NO2. The molecule has 3 heterocycles. The Kier molecular flexibility index (Phi) is 5.23. The van der Waals surface area contributed by atoms with Gasteiger partial charge < -0.3 is 13.4 Å². The summed E-state index contributed by atoms with van der Waals surface area (Å²) < 4.78 is 15.3. The van der Waals surface area contributed by atoms with Crippen LogP contribution in [0.2, 0.25) is 0 Å². The van der Waals surface area contributed by atoms with Crippen LogP contribution in [0, 0.1) is 0 Å². The molecule has 0 radical (unpaired) electrons. The molecule has 0 saturated carbocycles. The Bertz CT molecular complexity index is 3360. The van der Waals surface area contributed by atoms with Gasteiger partial charge in [-0.05, 0) is 103 Å². The first-order valence-corrected chi connectivity index (χ1v) is 17.4. The van der Waals surface area contributed by atoms with E-state index >= 15 is 0 Å². The number of hydrogen-bond donors (Lipinski definition) is 0. The number of aromatic nitrogens is 1. The van der Waals surface area contributed by atoms with E-state index < -0.39 is 0 Å². The molecule has 3 heteroatoms. The number of hydrogen-bond acceptors (Lipinski definition) is 2. The van der Waals surface area contributed by atoms with Gasteiger partial charge in [0.15, 0.2) is 5.58 Å². The molecule has 9 aromatic carbocycles. The van der Waals surface area contributed by atoms with Crippen molar-refractivity contribution in [2.75, 3.05) is 0 Å². The van der Waals surface area contributed by atoms with Gasteiger partial charge in [0.25, 0.3) is 0 Å². The molecule has 0 N–H and O–H groups in total. The highest BCUT2D eigenvalue weighted by Crippen LogP contribution is 2.46. The Hall–Kier alpha value is -6.84. The molecular weight excluding hydrogens is 623 g/mol. The zero-order valence-electron chi connectivity index (χ0n) is 27.4. The van der Waals surface area contributed by atoms with Gasteiger partial charge in [-0.3, -0.25) is 0 Å². The summed E-state index contributed by atoms with van der Waals surface area (Å²) >= 11 is 0. The number of furan rings is 2. The Morgan fingerprint density at radius 2 is 1.02 bits per heavy atom. The SMILES string of the molecule is c1ccc(-n2c3ccc(-c4ccc5ccc6c(-c7cccc8oc9ccccc9c78)ccc7ccc4c5c76)cc3c3oc4ccccc4c32)cc1. The van der Waals surface area contributed by atoms with Crippen molar-refractivity contribution in [2.45, 2.75) is 0 Å². The van der Waals surface area contributed by atoms with Crippen LogP contribution in [0.5, 0.6) is 0 Å². The molecule has 236 valence electrons. The van der Waals surface area contributed by atoms with E-state index in [9.17, 15) is 0 Å². The van der Waals surface area contributed by atoms with E-state index in [4.69, 9.17) is 8.83 Å². The fraction of sp³-hybridized carbons (Fsp3) is 0. The van der Waals surface area contributed by atoms with Gasteiger partial charge in [-0.1, -0.05) is 115 Å². The number of fused-ring (bicyclic) bond motifs is 8. The summed E-state index contributed by atoms with van der Waals surface area (Å²) in [7, 11) is 0. The highest BCUT2D eigenvalue weighted by atomic mass is 16.3. The van der Waals surface area contributed by atoms with Crippen LogP contribution in [0.15, 0.2) is 173 Å². The maximum atomic E-state index is 6.62. The Labute approximate surface area is 291 Å². The van der Waals surface area contributed by atoms with E-state index in [0.29, 0.717) is 0 Å². The van der Waals surface area contributed by atoms with Crippen molar-refractivity contribution in [3.8, 4) is 27.9 Å². The van der Waals surface area contributed by atoms with Crippen molar-refractivity contribution >= 4 is 87.2 Å². The first-order valence-electron chi connectivity index (χ1n) is 17.4. The molecule has 0 saturated heterocycles. The minimum Gasteiger partial charge on any atom is -0.456 e. The summed E-state index contributed by atoms with van der Waals surface area (Å²) in [5.41, 5.74) is 11.8. The van der Waals surface area contributed by atoms with E-state index in [2.05, 4.69) is 156 Å². The second-order valence-corrected chi connectivity index (χ2v) is 13.6. The van der Waals surface area contributed by atoms with Gasteiger partial charge in [0.2, 0.25) is 0 Å². The third-order valence-corrected chi connectivity index (χ3v) is 11.0. The molecule has 0 aliphatic carbocycles. The zero-order valence-corrected chi connectivity index (χ0v) is 27.4. The van der Waals surface area contributed by atoms with E-state index in [0.717, 1.165) is 60.6 Å². The van der Waals surface area contributed by atoms with Crippen LogP contribution in [0.25, 0.3) is 115 Å². The van der Waals surface area contributed by atoms with Crippen LogP contribution >= 0.6 is 0 Å². The molecule has 3 aromatic heterocycles. The van der Waals surface area contributed by atoms with Gasteiger partial charge in [-0.25, -0.2) is 0 Å². The maximum Gasteiger partial charge on any atom is 0.161 e. The molecule has 0 fully saturated rings. The van der Waals surface area contributed by atoms with Crippen molar-refractivity contribution in [1.82, 2.24) is 4.57 Å². The second-order valence-electron chi connectivity index (χ2n) is 13.6. The third-order valence-electron chi connectivity index (χ3n) is 11.0. The summed E-state index contributed by atoms with van der Waals surface area (Å²) in [5, 5.41) is 12.1. The second kappa shape index (κ2) is 9.87. The summed E-state index contributed by atoms with van der Waals surface area (Å²) in [6.07, 6.45) is 0. The van der Waals surface area contributed by atoms with E-state index in [1.54, 1.807) is 0 Å². The average molecular weight is 650 g/mol. The molecule has 0 spiro atoms. The van der Waals surface area contributed by atoms with E-state index in [-0.39, 0.29) is 0 Å². The van der Waals surface area contributed by atoms with Gasteiger partial charge >= 0.3 is 0 Å². The average Bonchev–Trinajstić information content (AvgIpc) is 3.86. The standard InChI is InChI=1S/C48H27NO2/c1-2-9-31(10-3-1)49-40-26-21-30(27-39(40)48-47(49)38-12-5-7-15-42(38)51-48)32-22-17-28-20-25-36-33(23-18-29-19-24-35(32)44(28)45(29)36)34-13-8-16-43-46(34)37-11-4-6-14-41(37)50-43/h1-27H. The lowest BCUT2D eigenvalue weighted by Gasteiger charge is -2.17. The molecule has 12 rings (SSSR count). The van der Waals surface area contributed by atoms with E-state index in [1.165, 1.54) is 54.6 Å². The van der Waals surface area contributed by atoms with Crippen molar-refractivity contribution in [3.05, 3.63) is 164 Å². The Morgan fingerprint density at radius 1 is 0.373 bits per heavy atom. The number of para-hydroxylation sites is 3. The maximum absolute atomic E-state index is 6.62. The minimum atomic E-state index is 0.900. The first kappa shape index (κ1) is 27.0. The lowest BCUT2D eigenvalue weighted by Crippen LogP contribution is -1.93. The highest BCUT2D eigenvalue weighted by Gasteiger charge is 2.22. The molecule has 3 nitrogen and oxygen atoms in total. The summed E-state index contributed by atoms with van der Waals surface area (Å²) in [5.74, 6) is 0. The van der Waals surface area contributed by atoms with Gasteiger partial charge in [-0.2, -0.15) is 0 Å². The van der Waals surface area contributed by atoms with E-state index in [1.807, 2.05) is 12.1 Å². The molecule has 0 amide bonds. The lowest BCUT2D eigenvalue weighted by molar-refractivity contribution is 0.669. The van der Waals surface area contributed by atoms with Crippen LogP contribution in [0.3, 0.4) is 0 Å². The summed E-state index contributed by atoms with van der Waals surface area (Å²) in [6.45, 7) is 0. The van der Waals surface area contributed by atoms with Gasteiger partial charge in [0.05, 0.1) is 5.52 Å². The van der Waals surface area contributed by atoms with Gasteiger partial charge in [0, 0.05) is 27.2 Å². The third kappa shape index (κ3) is 3.62. The topological polar surface area (TPSA) is 31.2 Å². The molecule has 0 atom stereocenters. The Morgan fingerprint density at radius 3 is 1.82 bits per heavy atom. The molecule has 0 bridgehead atoms. The predicted molar refractivity (Wildman–Crippen MR) is 212 cm³/mol. The van der Waals surface area contributed by atoms with Crippen molar-refractivity contribution in [2.24, 2.45) is 0 Å². The monoisotopic (exact) mass is 649 g/mol. The van der Waals surface area contributed by atoms with Crippen LogP contribution < -0.4 is 0 Å². The predicted octanol–water partition coefficient (Wildman–Crippen LogP) is 13.7. The van der Waals surface area contributed by atoms with Crippen LogP contribution in [0.1, 0.15) is 0 Å². The van der Waals surface area contributed by atoms with Crippen molar-refractivity contribution in [3.63, 3.8) is 0 Å². The smallest absolute Gasteiger partial charge is 0.161 e. The van der Waals surface area contributed by atoms with Crippen molar-refractivity contribution < 1.29 is 8.83 Å². The minimum absolute atomic E-state index is 0.900. The molecule has 0 aliphatic heterocycles. The molecule has 0 aliphatic rings. The van der Waals surface area contributed by atoms with Crippen LogP contribution in [-0.2, 0) is 0 Å². The van der Waals surface area contributed by atoms with Gasteiger partial charge in [-0.15, -0.1) is 0 Å². The molecule has 51 heavy (non-hydrogen) atoms. The molecule has 0 unspecified atom stereocenters. The Balaban J connectivity index is 1.12. The normalized spacial score (nSPS) is 12.3. The van der Waals surface area contributed by atoms with Crippen LogP contribution in [-0.4, -0.2) is 4.57 Å². The number of nitrogens with zero attached hydrogens (tertiary/aromatic N) is 1.